The third kappa shape index (κ3) is 3.35. The van der Waals surface area contributed by atoms with Gasteiger partial charge in [-0.15, -0.1) is 6.58 Å². The lowest BCUT2D eigenvalue weighted by Gasteiger charge is -2.24. The zero-order valence-electron chi connectivity index (χ0n) is 13.7. The van der Waals surface area contributed by atoms with E-state index < -0.39 is 0 Å². The minimum atomic E-state index is -0.189. The number of benzene rings is 2. The maximum absolute atomic E-state index is 9.28. The van der Waals surface area contributed by atoms with E-state index in [9.17, 15) is 5.11 Å². The molecule has 0 fully saturated rings. The Morgan fingerprint density at radius 3 is 2.17 bits per heavy atom. The van der Waals surface area contributed by atoms with Gasteiger partial charge in [-0.25, -0.2) is 0 Å². The van der Waals surface area contributed by atoms with Crippen LogP contribution in [0.1, 0.15) is 6.92 Å². The second kappa shape index (κ2) is 6.66. The summed E-state index contributed by atoms with van der Waals surface area (Å²) in [6, 6.07) is 14.0. The van der Waals surface area contributed by atoms with Gasteiger partial charge in [0, 0.05) is 12.8 Å². The summed E-state index contributed by atoms with van der Waals surface area (Å²) in [5.74, 6) is 2.37. The van der Waals surface area contributed by atoms with Crippen LogP contribution in [0.2, 0.25) is 0 Å². The quantitative estimate of drug-likeness (QED) is 0.844. The largest absolute Gasteiger partial charge is 0.508 e. The first-order chi connectivity index (χ1) is 11.6. The molecule has 1 N–H and O–H groups in total. The second-order valence-corrected chi connectivity index (χ2v) is 5.65. The molecule has 3 rings (SSSR count). The normalized spacial score (nSPS) is 19.8. The molecule has 0 bridgehead atoms. The molecule has 0 aliphatic carbocycles. The first kappa shape index (κ1) is 15.9. The van der Waals surface area contributed by atoms with E-state index in [0.29, 0.717) is 11.5 Å². The number of rotatable bonds is 5. The van der Waals surface area contributed by atoms with Crippen molar-refractivity contribution in [1.82, 2.24) is 5.01 Å². The van der Waals surface area contributed by atoms with E-state index in [1.807, 2.05) is 49.3 Å². The van der Waals surface area contributed by atoms with Gasteiger partial charge >= 0.3 is 0 Å². The molecule has 1 aliphatic rings. The molecule has 1 aliphatic heterocycles. The van der Waals surface area contributed by atoms with Crippen molar-refractivity contribution in [3.05, 3.63) is 61.2 Å². The number of ether oxygens (including phenoxy) is 2. The molecular weight excluding hydrogens is 304 g/mol. The molecule has 124 valence electrons. The van der Waals surface area contributed by atoms with Gasteiger partial charge in [0.25, 0.3) is 0 Å². The third-order valence-corrected chi connectivity index (χ3v) is 3.88. The van der Waals surface area contributed by atoms with Crippen LogP contribution in [-0.4, -0.2) is 29.1 Å². The van der Waals surface area contributed by atoms with Crippen LogP contribution in [-0.2, 0) is 0 Å². The van der Waals surface area contributed by atoms with E-state index >= 15 is 0 Å². The monoisotopic (exact) mass is 324 g/mol. The van der Waals surface area contributed by atoms with Crippen LogP contribution in [0.5, 0.6) is 23.0 Å². The molecule has 24 heavy (non-hydrogen) atoms. The SMILES string of the molecule is C=CC1C(C)=NN(C)C1Oc1ccc(Oc2ccc(O)cc2)cc1. The van der Waals surface area contributed by atoms with Crippen molar-refractivity contribution < 1.29 is 14.6 Å². The molecule has 0 saturated carbocycles. The van der Waals surface area contributed by atoms with Crippen molar-refractivity contribution in [1.29, 1.82) is 0 Å². The molecule has 0 saturated heterocycles. The standard InChI is InChI=1S/C19H20N2O3/c1-4-18-13(2)20-21(3)19(18)24-17-11-9-16(10-12-17)23-15-7-5-14(22)6-8-15/h4-12,18-19,22H,1H2,2-3H3. The highest BCUT2D eigenvalue weighted by Crippen LogP contribution is 2.28. The van der Waals surface area contributed by atoms with Crippen LogP contribution in [0, 0.1) is 5.92 Å². The summed E-state index contributed by atoms with van der Waals surface area (Å²) < 4.78 is 11.8. The fraction of sp³-hybridized carbons (Fsp3) is 0.211. The molecule has 2 atom stereocenters. The van der Waals surface area contributed by atoms with Crippen LogP contribution in [0.4, 0.5) is 0 Å². The lowest BCUT2D eigenvalue weighted by atomic mass is 10.0. The average molecular weight is 324 g/mol. The minimum Gasteiger partial charge on any atom is -0.508 e. The molecular formula is C19H20N2O3. The first-order valence-electron chi connectivity index (χ1n) is 7.71. The molecule has 2 unspecified atom stereocenters. The topological polar surface area (TPSA) is 54.3 Å². The van der Waals surface area contributed by atoms with Gasteiger partial charge in [-0.1, -0.05) is 6.08 Å². The van der Waals surface area contributed by atoms with E-state index in [1.54, 1.807) is 24.3 Å². The van der Waals surface area contributed by atoms with Gasteiger partial charge in [0.2, 0.25) is 0 Å². The molecule has 5 heteroatoms. The van der Waals surface area contributed by atoms with Gasteiger partial charge in [0.05, 0.1) is 5.92 Å². The highest BCUT2D eigenvalue weighted by atomic mass is 16.5. The summed E-state index contributed by atoms with van der Waals surface area (Å²) in [6.07, 6.45) is 1.67. The summed E-state index contributed by atoms with van der Waals surface area (Å²) in [5.41, 5.74) is 0.991. The number of hydrazone groups is 1. The first-order valence-corrected chi connectivity index (χ1v) is 7.71. The number of aromatic hydroxyl groups is 1. The van der Waals surface area contributed by atoms with Crippen molar-refractivity contribution in [3.63, 3.8) is 0 Å². The number of hydrogen-bond acceptors (Lipinski definition) is 5. The Bertz CT molecular complexity index is 738. The van der Waals surface area contributed by atoms with Crippen molar-refractivity contribution in [2.45, 2.75) is 13.2 Å². The zero-order valence-corrected chi connectivity index (χ0v) is 13.7. The summed E-state index contributed by atoms with van der Waals surface area (Å²) in [6.45, 7) is 5.83. The zero-order chi connectivity index (χ0) is 17.1. The van der Waals surface area contributed by atoms with Crippen LogP contribution < -0.4 is 9.47 Å². The smallest absolute Gasteiger partial charge is 0.198 e. The van der Waals surface area contributed by atoms with E-state index in [4.69, 9.17) is 9.47 Å². The maximum atomic E-state index is 9.28. The minimum absolute atomic E-state index is 0.0722. The number of phenolic OH excluding ortho intramolecular Hbond substituents is 1. The van der Waals surface area contributed by atoms with Gasteiger partial charge in [0.1, 0.15) is 23.0 Å². The molecule has 2 aromatic carbocycles. The van der Waals surface area contributed by atoms with Gasteiger partial charge < -0.3 is 14.6 Å². The van der Waals surface area contributed by atoms with Crippen LogP contribution in [0.25, 0.3) is 0 Å². The van der Waals surface area contributed by atoms with Crippen LogP contribution in [0.3, 0.4) is 0 Å². The van der Waals surface area contributed by atoms with Gasteiger partial charge in [-0.2, -0.15) is 5.10 Å². The Morgan fingerprint density at radius 1 is 1.04 bits per heavy atom. The molecule has 5 nitrogen and oxygen atoms in total. The lowest BCUT2D eigenvalue weighted by Crippen LogP contribution is -2.35. The van der Waals surface area contributed by atoms with Gasteiger partial charge in [-0.05, 0) is 55.5 Å². The Balaban J connectivity index is 1.66. The lowest BCUT2D eigenvalue weighted by molar-refractivity contribution is 0.0493. The fourth-order valence-corrected chi connectivity index (χ4v) is 2.62. The van der Waals surface area contributed by atoms with Gasteiger partial charge in [-0.3, -0.25) is 5.01 Å². The van der Waals surface area contributed by atoms with Crippen LogP contribution >= 0.6 is 0 Å². The van der Waals surface area contributed by atoms with Crippen molar-refractivity contribution >= 4 is 5.71 Å². The molecule has 0 radical (unpaired) electrons. The number of phenols is 1. The predicted octanol–water partition coefficient (Wildman–Crippen LogP) is 4.01. The Labute approximate surface area is 141 Å². The average Bonchev–Trinajstić information content (AvgIpc) is 2.84. The highest BCUT2D eigenvalue weighted by Gasteiger charge is 2.32. The molecule has 1 heterocycles. The van der Waals surface area contributed by atoms with Crippen molar-refractivity contribution in [2.75, 3.05) is 7.05 Å². The third-order valence-electron chi connectivity index (χ3n) is 3.88. The summed E-state index contributed by atoms with van der Waals surface area (Å²) in [5, 5.41) is 15.5. The van der Waals surface area contributed by atoms with Crippen molar-refractivity contribution in [3.8, 4) is 23.0 Å². The predicted molar refractivity (Wildman–Crippen MR) is 93.6 cm³/mol. The summed E-state index contributed by atoms with van der Waals surface area (Å²) in [7, 11) is 1.89. The summed E-state index contributed by atoms with van der Waals surface area (Å²) >= 11 is 0. The maximum Gasteiger partial charge on any atom is 0.198 e. The molecule has 2 aromatic rings. The Hall–Kier alpha value is -2.95. The van der Waals surface area contributed by atoms with E-state index in [0.717, 1.165) is 11.5 Å². The molecule has 0 amide bonds. The fourth-order valence-electron chi connectivity index (χ4n) is 2.62. The molecule has 0 aromatic heterocycles. The number of hydrogen-bond donors (Lipinski definition) is 1. The highest BCUT2D eigenvalue weighted by molar-refractivity contribution is 5.87. The Kier molecular flexibility index (Phi) is 4.42. The molecule has 0 spiro atoms. The van der Waals surface area contributed by atoms with Crippen molar-refractivity contribution in [2.24, 2.45) is 11.0 Å². The van der Waals surface area contributed by atoms with Crippen LogP contribution in [0.15, 0.2) is 66.3 Å². The van der Waals surface area contributed by atoms with E-state index in [1.165, 1.54) is 0 Å². The second-order valence-electron chi connectivity index (χ2n) is 5.65. The summed E-state index contributed by atoms with van der Waals surface area (Å²) in [4.78, 5) is 0. The van der Waals surface area contributed by atoms with E-state index in [2.05, 4.69) is 11.7 Å². The Morgan fingerprint density at radius 2 is 1.58 bits per heavy atom. The van der Waals surface area contributed by atoms with Gasteiger partial charge in [0.15, 0.2) is 6.23 Å². The van der Waals surface area contributed by atoms with E-state index in [-0.39, 0.29) is 17.9 Å². The number of nitrogens with zero attached hydrogens (tertiary/aromatic N) is 2.